The molecule has 1 saturated heterocycles. The number of anilines is 3. The number of nitrogens with two attached hydrogens (primary N) is 1. The van der Waals surface area contributed by atoms with Crippen molar-refractivity contribution in [2.24, 2.45) is 0 Å². The number of hydrogen-bond acceptors (Lipinski definition) is 4. The Hall–Kier alpha value is -2.83. The highest BCUT2D eigenvalue weighted by atomic mass is 16.2. The van der Waals surface area contributed by atoms with Gasteiger partial charge in [-0.15, -0.1) is 0 Å². The molecule has 2 amide bonds. The monoisotopic (exact) mass is 285 g/mol. The van der Waals surface area contributed by atoms with E-state index >= 15 is 0 Å². The molecule has 3 rings (SSSR count). The molecule has 0 atom stereocenters. The Morgan fingerprint density at radius 2 is 2.29 bits per heavy atom. The van der Waals surface area contributed by atoms with E-state index in [2.05, 4.69) is 15.5 Å². The van der Waals surface area contributed by atoms with Crippen LogP contribution in [0.25, 0.3) is 0 Å². The number of benzene rings is 1. The van der Waals surface area contributed by atoms with Crippen molar-refractivity contribution in [3.63, 3.8) is 0 Å². The zero-order valence-electron chi connectivity index (χ0n) is 11.3. The van der Waals surface area contributed by atoms with Crippen molar-refractivity contribution in [1.29, 1.82) is 0 Å². The van der Waals surface area contributed by atoms with E-state index in [1.54, 1.807) is 23.1 Å². The summed E-state index contributed by atoms with van der Waals surface area (Å²) < 4.78 is 0. The van der Waals surface area contributed by atoms with E-state index in [4.69, 9.17) is 5.73 Å². The van der Waals surface area contributed by atoms with Gasteiger partial charge in [0.25, 0.3) is 5.91 Å². The number of rotatable bonds is 3. The molecule has 4 N–H and O–H groups in total. The average Bonchev–Trinajstić information content (AvgIpc) is 3.07. The minimum Gasteiger partial charge on any atom is -0.396 e. The van der Waals surface area contributed by atoms with Gasteiger partial charge in [-0.1, -0.05) is 6.07 Å². The highest BCUT2D eigenvalue weighted by Crippen LogP contribution is 2.24. The van der Waals surface area contributed by atoms with Gasteiger partial charge in [0.05, 0.1) is 11.9 Å². The Balaban J connectivity index is 1.79. The van der Waals surface area contributed by atoms with Crippen LogP contribution in [0.3, 0.4) is 0 Å². The van der Waals surface area contributed by atoms with Crippen LogP contribution in [0.1, 0.15) is 23.3 Å². The summed E-state index contributed by atoms with van der Waals surface area (Å²) >= 11 is 0. The van der Waals surface area contributed by atoms with Crippen LogP contribution in [0, 0.1) is 0 Å². The second kappa shape index (κ2) is 5.28. The van der Waals surface area contributed by atoms with Gasteiger partial charge >= 0.3 is 0 Å². The van der Waals surface area contributed by atoms with Gasteiger partial charge in [-0.2, -0.15) is 5.10 Å². The number of carbonyl (C=O) groups is 2. The van der Waals surface area contributed by atoms with Crippen LogP contribution in [0.15, 0.2) is 30.5 Å². The lowest BCUT2D eigenvalue weighted by Crippen LogP contribution is -2.23. The van der Waals surface area contributed by atoms with E-state index in [1.165, 1.54) is 6.20 Å². The topological polar surface area (TPSA) is 104 Å². The van der Waals surface area contributed by atoms with Crippen molar-refractivity contribution in [2.45, 2.75) is 12.8 Å². The Bertz CT molecular complexity index is 694. The summed E-state index contributed by atoms with van der Waals surface area (Å²) in [7, 11) is 0. The summed E-state index contributed by atoms with van der Waals surface area (Å²) in [6.07, 6.45) is 2.82. The number of amides is 2. The third kappa shape index (κ3) is 2.58. The summed E-state index contributed by atoms with van der Waals surface area (Å²) in [5, 5.41) is 9.00. The third-order valence-corrected chi connectivity index (χ3v) is 3.38. The lowest BCUT2D eigenvalue weighted by Gasteiger charge is -2.16. The molecule has 0 saturated carbocycles. The first-order valence-corrected chi connectivity index (χ1v) is 6.66. The molecule has 2 heterocycles. The maximum atomic E-state index is 12.1. The highest BCUT2D eigenvalue weighted by Gasteiger charge is 2.22. The molecule has 108 valence electrons. The first-order chi connectivity index (χ1) is 10.1. The number of carbonyl (C=O) groups excluding carboxylic acids is 2. The van der Waals surface area contributed by atoms with Gasteiger partial charge in [-0.05, 0) is 24.6 Å². The SMILES string of the molecule is Nc1cn[nH]c1C(=O)Nc1cccc(N2CCCC2=O)c1. The number of nitrogens with zero attached hydrogens (tertiary/aromatic N) is 2. The van der Waals surface area contributed by atoms with Gasteiger partial charge in [0.1, 0.15) is 5.69 Å². The molecule has 1 aliphatic heterocycles. The Labute approximate surface area is 121 Å². The molecule has 1 aromatic carbocycles. The summed E-state index contributed by atoms with van der Waals surface area (Å²) in [4.78, 5) is 25.5. The number of H-pyrrole nitrogens is 1. The number of nitrogen functional groups attached to an aromatic ring is 1. The average molecular weight is 285 g/mol. The van der Waals surface area contributed by atoms with Crippen molar-refractivity contribution >= 4 is 28.9 Å². The van der Waals surface area contributed by atoms with Crippen molar-refractivity contribution in [3.05, 3.63) is 36.2 Å². The van der Waals surface area contributed by atoms with Gasteiger partial charge in [-0.3, -0.25) is 14.7 Å². The van der Waals surface area contributed by atoms with Crippen LogP contribution in [0.4, 0.5) is 17.1 Å². The minimum absolute atomic E-state index is 0.108. The van der Waals surface area contributed by atoms with Gasteiger partial charge in [-0.25, -0.2) is 0 Å². The smallest absolute Gasteiger partial charge is 0.275 e. The molecule has 7 nitrogen and oxygen atoms in total. The fourth-order valence-electron chi connectivity index (χ4n) is 2.34. The fourth-order valence-corrected chi connectivity index (χ4v) is 2.34. The number of aromatic amines is 1. The highest BCUT2D eigenvalue weighted by molar-refractivity contribution is 6.06. The van der Waals surface area contributed by atoms with Gasteiger partial charge in [0.15, 0.2) is 0 Å². The Morgan fingerprint density at radius 1 is 1.43 bits per heavy atom. The zero-order chi connectivity index (χ0) is 14.8. The Kier molecular flexibility index (Phi) is 3.31. The van der Waals surface area contributed by atoms with Gasteiger partial charge < -0.3 is 16.0 Å². The van der Waals surface area contributed by atoms with Gasteiger partial charge in [0, 0.05) is 24.3 Å². The van der Waals surface area contributed by atoms with E-state index in [-0.39, 0.29) is 17.5 Å². The quantitative estimate of drug-likeness (QED) is 0.792. The maximum absolute atomic E-state index is 12.1. The summed E-state index contributed by atoms with van der Waals surface area (Å²) in [5.41, 5.74) is 7.53. The number of hydrogen-bond donors (Lipinski definition) is 3. The molecule has 0 aliphatic carbocycles. The molecule has 1 aromatic heterocycles. The lowest BCUT2D eigenvalue weighted by atomic mass is 10.2. The third-order valence-electron chi connectivity index (χ3n) is 3.38. The standard InChI is InChI=1S/C14H15N5O2/c15-11-8-16-18-13(11)14(21)17-9-3-1-4-10(7-9)19-6-2-5-12(19)20/h1,3-4,7-8H,2,5-6,15H2,(H,16,18)(H,17,21). The molecular formula is C14H15N5O2. The van der Waals surface area contributed by atoms with Crippen LogP contribution in [0.2, 0.25) is 0 Å². The lowest BCUT2D eigenvalue weighted by molar-refractivity contribution is -0.117. The number of aromatic nitrogens is 2. The van der Waals surface area contributed by atoms with Crippen LogP contribution in [0.5, 0.6) is 0 Å². The van der Waals surface area contributed by atoms with Crippen LogP contribution < -0.4 is 16.0 Å². The van der Waals surface area contributed by atoms with Crippen LogP contribution in [-0.4, -0.2) is 28.6 Å². The molecule has 7 heteroatoms. The molecule has 1 fully saturated rings. The molecule has 2 aromatic rings. The first kappa shape index (κ1) is 13.2. The fraction of sp³-hybridized carbons (Fsp3) is 0.214. The molecule has 21 heavy (non-hydrogen) atoms. The zero-order valence-corrected chi connectivity index (χ0v) is 11.3. The van der Waals surface area contributed by atoms with Crippen LogP contribution >= 0.6 is 0 Å². The molecule has 0 radical (unpaired) electrons. The summed E-state index contributed by atoms with van der Waals surface area (Å²) in [6, 6.07) is 7.18. The maximum Gasteiger partial charge on any atom is 0.275 e. The molecule has 1 aliphatic rings. The van der Waals surface area contributed by atoms with Crippen LogP contribution in [-0.2, 0) is 4.79 Å². The molecule has 0 unspecified atom stereocenters. The second-order valence-corrected chi connectivity index (χ2v) is 4.85. The summed E-state index contributed by atoms with van der Waals surface area (Å²) in [6.45, 7) is 0.712. The Morgan fingerprint density at radius 3 is 2.95 bits per heavy atom. The van der Waals surface area contributed by atoms with E-state index in [0.29, 0.717) is 24.3 Å². The van der Waals surface area contributed by atoms with E-state index in [9.17, 15) is 9.59 Å². The molecule has 0 spiro atoms. The second-order valence-electron chi connectivity index (χ2n) is 4.85. The first-order valence-electron chi connectivity index (χ1n) is 6.66. The molecular weight excluding hydrogens is 270 g/mol. The van der Waals surface area contributed by atoms with E-state index in [1.807, 2.05) is 6.07 Å². The number of nitrogens with one attached hydrogen (secondary N) is 2. The van der Waals surface area contributed by atoms with Crippen molar-refractivity contribution < 1.29 is 9.59 Å². The predicted molar refractivity (Wildman–Crippen MR) is 79.0 cm³/mol. The summed E-state index contributed by atoms with van der Waals surface area (Å²) in [5.74, 6) is -0.258. The largest absolute Gasteiger partial charge is 0.396 e. The normalized spacial score (nSPS) is 14.5. The molecule has 0 bridgehead atoms. The van der Waals surface area contributed by atoms with Crippen molar-refractivity contribution in [2.75, 3.05) is 22.5 Å². The van der Waals surface area contributed by atoms with Gasteiger partial charge in [0.2, 0.25) is 5.91 Å². The van der Waals surface area contributed by atoms with Crippen molar-refractivity contribution in [1.82, 2.24) is 10.2 Å². The minimum atomic E-state index is -0.366. The predicted octanol–water partition coefficient (Wildman–Crippen LogP) is 1.37. The van der Waals surface area contributed by atoms with Crippen molar-refractivity contribution in [3.8, 4) is 0 Å². The van der Waals surface area contributed by atoms with E-state index in [0.717, 1.165) is 12.1 Å². The van der Waals surface area contributed by atoms with E-state index < -0.39 is 0 Å².